The molecule has 1 aliphatic heterocycles. The van der Waals surface area contributed by atoms with Gasteiger partial charge >= 0.3 is 0 Å². The molecule has 1 atom stereocenters. The zero-order valence-electron chi connectivity index (χ0n) is 17.5. The molecule has 0 unspecified atom stereocenters. The summed E-state index contributed by atoms with van der Waals surface area (Å²) in [6.45, 7) is 9.58. The zero-order valence-corrected chi connectivity index (χ0v) is 17.5. The molecule has 3 nitrogen and oxygen atoms in total. The van der Waals surface area contributed by atoms with Crippen LogP contribution in [0.25, 0.3) is 0 Å². The molecule has 0 aromatic heterocycles. The number of nitrogens with zero attached hydrogens (tertiary/aromatic N) is 1. The predicted molar refractivity (Wildman–Crippen MR) is 116 cm³/mol. The molecule has 1 amide bonds. The van der Waals surface area contributed by atoms with Gasteiger partial charge in [-0.25, -0.2) is 0 Å². The van der Waals surface area contributed by atoms with Gasteiger partial charge in [0.05, 0.1) is 6.04 Å². The van der Waals surface area contributed by atoms with Crippen molar-refractivity contribution in [3.63, 3.8) is 0 Å². The molecular formula is C25H34N2O. The summed E-state index contributed by atoms with van der Waals surface area (Å²) in [6.07, 6.45) is 2.86. The van der Waals surface area contributed by atoms with Gasteiger partial charge in [0.25, 0.3) is 0 Å². The first kappa shape index (κ1) is 20.6. The first-order chi connectivity index (χ1) is 13.5. The molecular weight excluding hydrogens is 344 g/mol. The van der Waals surface area contributed by atoms with E-state index in [1.165, 1.54) is 16.7 Å². The van der Waals surface area contributed by atoms with E-state index in [-0.39, 0.29) is 17.9 Å². The van der Waals surface area contributed by atoms with E-state index >= 15 is 0 Å². The minimum atomic E-state index is 0.110. The molecule has 1 heterocycles. The Labute approximate surface area is 170 Å². The number of hydrogen-bond donors (Lipinski definition) is 1. The average molecular weight is 379 g/mol. The maximum Gasteiger partial charge on any atom is 0.223 e. The highest BCUT2D eigenvalue weighted by Gasteiger charge is 2.27. The van der Waals surface area contributed by atoms with Crippen molar-refractivity contribution in [2.24, 2.45) is 11.8 Å². The van der Waals surface area contributed by atoms with Gasteiger partial charge in [0, 0.05) is 12.5 Å². The summed E-state index contributed by atoms with van der Waals surface area (Å²) in [5.74, 6) is 0.901. The summed E-state index contributed by atoms with van der Waals surface area (Å²) in [5, 5.41) is 3.35. The van der Waals surface area contributed by atoms with Gasteiger partial charge in [-0.15, -0.1) is 0 Å². The first-order valence-corrected chi connectivity index (χ1v) is 10.6. The Morgan fingerprint density at radius 2 is 1.68 bits per heavy atom. The standard InChI is InChI=1S/C25H34N2O/c1-19(2)17-24(21-10-5-4-6-11-21)26-25(28)22-13-15-27(16-14-22)18-23-12-8-7-9-20(23)3/h4-12,19,22,24H,13-18H2,1-3H3,(H,26,28)/t24-/m1/s1. The fourth-order valence-electron chi connectivity index (χ4n) is 4.11. The Balaban J connectivity index is 1.54. The van der Waals surface area contributed by atoms with Crippen LogP contribution in [0.15, 0.2) is 54.6 Å². The smallest absolute Gasteiger partial charge is 0.223 e. The third-order valence-corrected chi connectivity index (χ3v) is 5.84. The molecule has 3 rings (SSSR count). The predicted octanol–water partition coefficient (Wildman–Crippen LogP) is 5.11. The molecule has 0 spiro atoms. The van der Waals surface area contributed by atoms with Crippen molar-refractivity contribution in [1.82, 2.24) is 10.2 Å². The number of rotatable bonds is 7. The van der Waals surface area contributed by atoms with Crippen LogP contribution < -0.4 is 5.32 Å². The highest BCUT2D eigenvalue weighted by atomic mass is 16.1. The van der Waals surface area contributed by atoms with Crippen LogP contribution in [-0.2, 0) is 11.3 Å². The molecule has 150 valence electrons. The van der Waals surface area contributed by atoms with E-state index in [0.717, 1.165) is 38.9 Å². The zero-order chi connectivity index (χ0) is 19.9. The Morgan fingerprint density at radius 3 is 2.32 bits per heavy atom. The number of benzene rings is 2. The Bertz CT molecular complexity index is 748. The van der Waals surface area contributed by atoms with Crippen LogP contribution in [0, 0.1) is 18.8 Å². The van der Waals surface area contributed by atoms with Crippen molar-refractivity contribution >= 4 is 5.91 Å². The number of hydrogen-bond acceptors (Lipinski definition) is 2. The van der Waals surface area contributed by atoms with Crippen LogP contribution in [0.3, 0.4) is 0 Å². The van der Waals surface area contributed by atoms with E-state index < -0.39 is 0 Å². The van der Waals surface area contributed by atoms with Gasteiger partial charge in [-0.1, -0.05) is 68.4 Å². The summed E-state index contributed by atoms with van der Waals surface area (Å²) >= 11 is 0. The number of likely N-dealkylation sites (tertiary alicyclic amines) is 1. The lowest BCUT2D eigenvalue weighted by Crippen LogP contribution is -2.41. The lowest BCUT2D eigenvalue weighted by molar-refractivity contribution is -0.127. The minimum Gasteiger partial charge on any atom is -0.349 e. The summed E-state index contributed by atoms with van der Waals surface area (Å²) in [5.41, 5.74) is 3.95. The number of carbonyl (C=O) groups is 1. The molecule has 0 aliphatic carbocycles. The molecule has 1 aliphatic rings. The fourth-order valence-corrected chi connectivity index (χ4v) is 4.11. The van der Waals surface area contributed by atoms with Gasteiger partial charge in [0.15, 0.2) is 0 Å². The second kappa shape index (κ2) is 9.88. The van der Waals surface area contributed by atoms with Gasteiger partial charge in [0.2, 0.25) is 5.91 Å². The van der Waals surface area contributed by atoms with Crippen LogP contribution in [0.4, 0.5) is 0 Å². The van der Waals surface area contributed by atoms with Crippen molar-refractivity contribution in [2.45, 2.75) is 52.6 Å². The summed E-state index contributed by atoms with van der Waals surface area (Å²) in [4.78, 5) is 15.4. The van der Waals surface area contributed by atoms with Crippen molar-refractivity contribution < 1.29 is 4.79 Å². The molecule has 1 fully saturated rings. The van der Waals surface area contributed by atoms with E-state index in [1.807, 2.05) is 6.07 Å². The minimum absolute atomic E-state index is 0.110. The van der Waals surface area contributed by atoms with Gasteiger partial charge < -0.3 is 5.32 Å². The molecule has 0 bridgehead atoms. The van der Waals surface area contributed by atoms with E-state index in [9.17, 15) is 4.79 Å². The molecule has 3 heteroatoms. The summed E-state index contributed by atoms with van der Waals surface area (Å²) in [6, 6.07) is 19.1. The maximum absolute atomic E-state index is 13.0. The largest absolute Gasteiger partial charge is 0.349 e. The van der Waals surface area contributed by atoms with Crippen LogP contribution in [0.2, 0.25) is 0 Å². The molecule has 2 aromatic carbocycles. The first-order valence-electron chi connectivity index (χ1n) is 10.6. The van der Waals surface area contributed by atoms with E-state index in [0.29, 0.717) is 5.92 Å². The van der Waals surface area contributed by atoms with Crippen LogP contribution in [0.5, 0.6) is 0 Å². The lowest BCUT2D eigenvalue weighted by atomic mass is 9.92. The third kappa shape index (κ3) is 5.68. The van der Waals surface area contributed by atoms with Gasteiger partial charge in [-0.2, -0.15) is 0 Å². The lowest BCUT2D eigenvalue weighted by Gasteiger charge is -2.32. The van der Waals surface area contributed by atoms with Gasteiger partial charge in [-0.05, 0) is 61.9 Å². The van der Waals surface area contributed by atoms with Crippen molar-refractivity contribution in [1.29, 1.82) is 0 Å². The monoisotopic (exact) mass is 378 g/mol. The Kier molecular flexibility index (Phi) is 7.27. The molecule has 0 radical (unpaired) electrons. The van der Waals surface area contributed by atoms with Crippen molar-refractivity contribution in [3.8, 4) is 0 Å². The SMILES string of the molecule is Cc1ccccc1CN1CCC(C(=O)N[C@H](CC(C)C)c2ccccc2)CC1. The highest BCUT2D eigenvalue weighted by molar-refractivity contribution is 5.79. The van der Waals surface area contributed by atoms with E-state index in [1.54, 1.807) is 0 Å². The van der Waals surface area contributed by atoms with Crippen LogP contribution in [0.1, 0.15) is 55.8 Å². The number of carbonyl (C=O) groups excluding carboxylic acids is 1. The van der Waals surface area contributed by atoms with E-state index in [2.05, 4.69) is 79.5 Å². The second-order valence-corrected chi connectivity index (χ2v) is 8.58. The van der Waals surface area contributed by atoms with Crippen molar-refractivity contribution in [2.75, 3.05) is 13.1 Å². The number of nitrogens with one attached hydrogen (secondary N) is 1. The third-order valence-electron chi connectivity index (χ3n) is 5.84. The number of piperidine rings is 1. The van der Waals surface area contributed by atoms with Crippen molar-refractivity contribution in [3.05, 3.63) is 71.3 Å². The molecule has 0 saturated carbocycles. The normalized spacial score (nSPS) is 16.9. The average Bonchev–Trinajstić information content (AvgIpc) is 2.70. The quantitative estimate of drug-likeness (QED) is 0.726. The number of amides is 1. The number of aryl methyl sites for hydroxylation is 1. The molecule has 1 saturated heterocycles. The molecule has 28 heavy (non-hydrogen) atoms. The molecule has 1 N–H and O–H groups in total. The summed E-state index contributed by atoms with van der Waals surface area (Å²) in [7, 11) is 0. The highest BCUT2D eigenvalue weighted by Crippen LogP contribution is 2.25. The van der Waals surface area contributed by atoms with E-state index in [4.69, 9.17) is 0 Å². The Hall–Kier alpha value is -2.13. The Morgan fingerprint density at radius 1 is 1.04 bits per heavy atom. The van der Waals surface area contributed by atoms with Crippen LogP contribution in [-0.4, -0.2) is 23.9 Å². The maximum atomic E-state index is 13.0. The van der Waals surface area contributed by atoms with Gasteiger partial charge in [0.1, 0.15) is 0 Å². The summed E-state index contributed by atoms with van der Waals surface area (Å²) < 4.78 is 0. The van der Waals surface area contributed by atoms with Gasteiger partial charge in [-0.3, -0.25) is 9.69 Å². The topological polar surface area (TPSA) is 32.3 Å². The fraction of sp³-hybridized carbons (Fsp3) is 0.480. The second-order valence-electron chi connectivity index (χ2n) is 8.58. The van der Waals surface area contributed by atoms with Crippen LogP contribution >= 0.6 is 0 Å². The molecule has 2 aromatic rings.